The summed E-state index contributed by atoms with van der Waals surface area (Å²) in [5, 5.41) is 1.21. The Balaban J connectivity index is 2.03. The Labute approximate surface area is 112 Å². The average molecular weight is 257 g/mol. The molecule has 1 aromatic heterocycles. The fraction of sp³-hybridized carbons (Fsp3) is 0.400. The van der Waals surface area contributed by atoms with Gasteiger partial charge in [-0.25, -0.2) is 0 Å². The minimum Gasteiger partial charge on any atom is -0.361 e. The van der Waals surface area contributed by atoms with E-state index in [9.17, 15) is 4.79 Å². The summed E-state index contributed by atoms with van der Waals surface area (Å²) in [6.45, 7) is 2.17. The van der Waals surface area contributed by atoms with Gasteiger partial charge in [-0.15, -0.1) is 0 Å². The van der Waals surface area contributed by atoms with Crippen molar-refractivity contribution in [1.29, 1.82) is 0 Å². The van der Waals surface area contributed by atoms with Gasteiger partial charge in [0, 0.05) is 36.6 Å². The maximum absolute atomic E-state index is 11.9. The van der Waals surface area contributed by atoms with E-state index in [4.69, 9.17) is 5.73 Å². The molecular formula is C15H19N3O. The van der Waals surface area contributed by atoms with Crippen LogP contribution in [-0.2, 0) is 4.79 Å². The van der Waals surface area contributed by atoms with Gasteiger partial charge in [0.15, 0.2) is 0 Å². The number of carbonyl (C=O) groups is 1. The second-order valence-electron chi connectivity index (χ2n) is 5.20. The van der Waals surface area contributed by atoms with Gasteiger partial charge < -0.3 is 15.6 Å². The SMILES string of the molecule is CC(=O)N1C(CN)CCC1c1c[nH]c2ccccc12. The van der Waals surface area contributed by atoms with Crippen LogP contribution in [0.1, 0.15) is 31.4 Å². The molecule has 100 valence electrons. The molecule has 2 unspecified atom stereocenters. The van der Waals surface area contributed by atoms with Gasteiger partial charge in [0.05, 0.1) is 6.04 Å². The highest BCUT2D eigenvalue weighted by Gasteiger charge is 2.36. The molecule has 0 saturated carbocycles. The minimum absolute atomic E-state index is 0.114. The highest BCUT2D eigenvalue weighted by atomic mass is 16.2. The van der Waals surface area contributed by atoms with Crippen molar-refractivity contribution in [3.63, 3.8) is 0 Å². The van der Waals surface area contributed by atoms with Crippen LogP contribution < -0.4 is 5.73 Å². The van der Waals surface area contributed by atoms with E-state index < -0.39 is 0 Å². The number of carbonyl (C=O) groups excluding carboxylic acids is 1. The fourth-order valence-corrected chi connectivity index (χ4v) is 3.27. The van der Waals surface area contributed by atoms with E-state index >= 15 is 0 Å². The van der Waals surface area contributed by atoms with Crippen molar-refractivity contribution in [3.05, 3.63) is 36.0 Å². The van der Waals surface area contributed by atoms with Crippen LogP contribution in [0.15, 0.2) is 30.5 Å². The summed E-state index contributed by atoms with van der Waals surface area (Å²) >= 11 is 0. The molecule has 19 heavy (non-hydrogen) atoms. The van der Waals surface area contributed by atoms with E-state index in [-0.39, 0.29) is 18.0 Å². The monoisotopic (exact) mass is 257 g/mol. The van der Waals surface area contributed by atoms with E-state index in [2.05, 4.69) is 17.1 Å². The molecule has 0 bridgehead atoms. The molecule has 2 atom stereocenters. The number of amides is 1. The van der Waals surface area contributed by atoms with E-state index in [1.807, 2.05) is 23.2 Å². The Bertz CT molecular complexity index is 604. The van der Waals surface area contributed by atoms with Gasteiger partial charge in [-0.3, -0.25) is 4.79 Å². The van der Waals surface area contributed by atoms with Crippen molar-refractivity contribution < 1.29 is 4.79 Å². The zero-order valence-corrected chi connectivity index (χ0v) is 11.1. The molecule has 0 radical (unpaired) electrons. The number of nitrogens with zero attached hydrogens (tertiary/aromatic N) is 1. The molecule has 0 aliphatic carbocycles. The van der Waals surface area contributed by atoms with Crippen LogP contribution in [0, 0.1) is 0 Å². The number of aromatic amines is 1. The Morgan fingerprint density at radius 1 is 1.42 bits per heavy atom. The van der Waals surface area contributed by atoms with E-state index in [0.29, 0.717) is 6.54 Å². The number of nitrogens with two attached hydrogens (primary N) is 1. The summed E-state index contributed by atoms with van der Waals surface area (Å²) in [7, 11) is 0. The third-order valence-electron chi connectivity index (χ3n) is 4.12. The lowest BCUT2D eigenvalue weighted by Gasteiger charge is -2.28. The molecule has 3 N–H and O–H groups in total. The molecule has 1 aromatic carbocycles. The number of para-hydroxylation sites is 1. The molecule has 1 aliphatic rings. The quantitative estimate of drug-likeness (QED) is 0.866. The Hall–Kier alpha value is -1.81. The van der Waals surface area contributed by atoms with Gasteiger partial charge in [0.2, 0.25) is 5.91 Å². The molecule has 2 heterocycles. The van der Waals surface area contributed by atoms with Crippen molar-refractivity contribution in [1.82, 2.24) is 9.88 Å². The van der Waals surface area contributed by atoms with Gasteiger partial charge in [0.1, 0.15) is 0 Å². The summed E-state index contributed by atoms with van der Waals surface area (Å²) in [5.74, 6) is 0.114. The van der Waals surface area contributed by atoms with Gasteiger partial charge in [0.25, 0.3) is 0 Å². The lowest BCUT2D eigenvalue weighted by atomic mass is 10.0. The first-order chi connectivity index (χ1) is 9.22. The molecule has 4 heteroatoms. The minimum atomic E-state index is 0.114. The zero-order chi connectivity index (χ0) is 13.4. The second kappa shape index (κ2) is 4.70. The van der Waals surface area contributed by atoms with E-state index in [0.717, 1.165) is 18.4 Å². The summed E-state index contributed by atoms with van der Waals surface area (Å²) in [4.78, 5) is 17.2. The number of rotatable bonds is 2. The largest absolute Gasteiger partial charge is 0.361 e. The molecular weight excluding hydrogens is 238 g/mol. The van der Waals surface area contributed by atoms with Gasteiger partial charge >= 0.3 is 0 Å². The van der Waals surface area contributed by atoms with Crippen molar-refractivity contribution in [2.24, 2.45) is 5.73 Å². The Morgan fingerprint density at radius 3 is 2.95 bits per heavy atom. The van der Waals surface area contributed by atoms with Crippen LogP contribution in [0.5, 0.6) is 0 Å². The fourth-order valence-electron chi connectivity index (χ4n) is 3.27. The van der Waals surface area contributed by atoms with E-state index in [1.165, 1.54) is 10.9 Å². The van der Waals surface area contributed by atoms with Crippen molar-refractivity contribution in [2.75, 3.05) is 6.54 Å². The van der Waals surface area contributed by atoms with Crippen LogP contribution >= 0.6 is 0 Å². The first-order valence-electron chi connectivity index (χ1n) is 6.77. The predicted octanol–water partition coefficient (Wildman–Crippen LogP) is 2.18. The van der Waals surface area contributed by atoms with Crippen LogP contribution in [0.25, 0.3) is 10.9 Å². The lowest BCUT2D eigenvalue weighted by Crippen LogP contribution is -2.39. The topological polar surface area (TPSA) is 62.1 Å². The molecule has 1 fully saturated rings. The summed E-state index contributed by atoms with van der Waals surface area (Å²) in [6, 6.07) is 8.55. The number of likely N-dealkylation sites (tertiary alicyclic amines) is 1. The maximum Gasteiger partial charge on any atom is 0.220 e. The number of hydrogen-bond acceptors (Lipinski definition) is 2. The van der Waals surface area contributed by atoms with Crippen molar-refractivity contribution in [2.45, 2.75) is 31.8 Å². The molecule has 1 saturated heterocycles. The average Bonchev–Trinajstić information content (AvgIpc) is 3.01. The standard InChI is InChI=1S/C15H19N3O/c1-10(19)18-11(8-16)6-7-15(18)13-9-17-14-5-3-2-4-12(13)14/h2-5,9,11,15,17H,6-8,16H2,1H3. The maximum atomic E-state index is 11.9. The first kappa shape index (κ1) is 12.2. The third-order valence-corrected chi connectivity index (χ3v) is 4.12. The van der Waals surface area contributed by atoms with E-state index in [1.54, 1.807) is 6.92 Å². The third kappa shape index (κ3) is 1.92. The number of hydrogen-bond donors (Lipinski definition) is 2. The van der Waals surface area contributed by atoms with Gasteiger partial charge in [-0.05, 0) is 24.5 Å². The van der Waals surface area contributed by atoms with Crippen LogP contribution in [0.4, 0.5) is 0 Å². The molecule has 0 spiro atoms. The van der Waals surface area contributed by atoms with Gasteiger partial charge in [-0.2, -0.15) is 0 Å². The number of benzene rings is 1. The van der Waals surface area contributed by atoms with Crippen LogP contribution in [0.2, 0.25) is 0 Å². The normalized spacial score (nSPS) is 23.2. The van der Waals surface area contributed by atoms with Gasteiger partial charge in [-0.1, -0.05) is 18.2 Å². The highest BCUT2D eigenvalue weighted by Crippen LogP contribution is 2.38. The van der Waals surface area contributed by atoms with Crippen LogP contribution in [-0.4, -0.2) is 28.4 Å². The van der Waals surface area contributed by atoms with Crippen molar-refractivity contribution >= 4 is 16.8 Å². The second-order valence-corrected chi connectivity index (χ2v) is 5.20. The summed E-state index contributed by atoms with van der Waals surface area (Å²) < 4.78 is 0. The first-order valence-corrected chi connectivity index (χ1v) is 6.77. The number of fused-ring (bicyclic) bond motifs is 1. The molecule has 3 rings (SSSR count). The lowest BCUT2D eigenvalue weighted by molar-refractivity contribution is -0.131. The smallest absolute Gasteiger partial charge is 0.220 e. The van der Waals surface area contributed by atoms with Crippen LogP contribution in [0.3, 0.4) is 0 Å². The summed E-state index contributed by atoms with van der Waals surface area (Å²) in [5.41, 5.74) is 8.12. The summed E-state index contributed by atoms with van der Waals surface area (Å²) in [6.07, 6.45) is 4.01. The Kier molecular flexibility index (Phi) is 3.03. The highest BCUT2D eigenvalue weighted by molar-refractivity contribution is 5.84. The zero-order valence-electron chi connectivity index (χ0n) is 11.1. The van der Waals surface area contributed by atoms with Crippen molar-refractivity contribution in [3.8, 4) is 0 Å². The Morgan fingerprint density at radius 2 is 2.21 bits per heavy atom. The molecule has 4 nitrogen and oxygen atoms in total. The molecule has 1 aliphatic heterocycles. The molecule has 1 amide bonds. The number of nitrogens with one attached hydrogen (secondary N) is 1. The number of H-pyrrole nitrogens is 1. The number of aromatic nitrogens is 1. The predicted molar refractivity (Wildman–Crippen MR) is 75.6 cm³/mol. The molecule has 2 aromatic rings.